The highest BCUT2D eigenvalue weighted by Gasteiger charge is 2.00. The quantitative estimate of drug-likeness (QED) is 0.719. The minimum absolute atomic E-state index is 0.0873. The molecule has 0 unspecified atom stereocenters. The molecule has 0 spiro atoms. The smallest absolute Gasteiger partial charge is 0.144 e. The van der Waals surface area contributed by atoms with Crippen LogP contribution in [-0.4, -0.2) is 8.42 Å². The van der Waals surface area contributed by atoms with Gasteiger partial charge in [0.25, 0.3) is 0 Å². The number of rotatable bonds is 4. The van der Waals surface area contributed by atoms with Gasteiger partial charge >= 0.3 is 0 Å². The van der Waals surface area contributed by atoms with Crippen LogP contribution in [0.5, 0.6) is 0 Å². The molecule has 0 aliphatic rings. The third kappa shape index (κ3) is 3.12. The van der Waals surface area contributed by atoms with Crippen molar-refractivity contribution in [1.82, 2.24) is 0 Å². The lowest BCUT2D eigenvalue weighted by Gasteiger charge is -2.04. The minimum atomic E-state index is -2.37. The summed E-state index contributed by atoms with van der Waals surface area (Å²) >= 11 is 0. The Hall–Kier alpha value is -0.870. The summed E-state index contributed by atoms with van der Waals surface area (Å²) in [4.78, 5) is 0. The van der Waals surface area contributed by atoms with Crippen molar-refractivity contribution in [2.75, 3.05) is 0 Å². The largest absolute Gasteiger partial charge is 0.326 e. The van der Waals surface area contributed by atoms with Gasteiger partial charge in [-0.1, -0.05) is 19.1 Å². The molecule has 0 aliphatic carbocycles. The summed E-state index contributed by atoms with van der Waals surface area (Å²) in [6.45, 7) is 2.41. The number of hydrogen-bond acceptors (Lipinski definition) is 3. The molecule has 1 rings (SSSR count). The Morgan fingerprint density at radius 1 is 1.36 bits per heavy atom. The summed E-state index contributed by atoms with van der Waals surface area (Å²) in [6.07, 6.45) is 0.844. The van der Waals surface area contributed by atoms with Crippen LogP contribution in [0.15, 0.2) is 12.1 Å². The molecule has 1 radical (unpaired) electrons. The van der Waals surface area contributed by atoms with E-state index >= 15 is 0 Å². The SMILES string of the molecule is CCc1[c]c(CN)cc(C[SH](=O)=O)c1. The first-order valence-corrected chi connectivity index (χ1v) is 5.87. The van der Waals surface area contributed by atoms with Crippen molar-refractivity contribution >= 4 is 10.7 Å². The first-order chi connectivity index (χ1) is 6.65. The first-order valence-electron chi connectivity index (χ1n) is 4.51. The predicted octanol–water partition coefficient (Wildman–Crippen LogP) is 0.619. The van der Waals surface area contributed by atoms with Crippen LogP contribution >= 0.6 is 0 Å². The Balaban J connectivity index is 3.03. The third-order valence-corrected chi connectivity index (χ3v) is 2.58. The maximum atomic E-state index is 10.6. The van der Waals surface area contributed by atoms with E-state index in [4.69, 9.17) is 5.73 Å². The fourth-order valence-electron chi connectivity index (χ4n) is 1.31. The molecule has 1 aromatic carbocycles. The van der Waals surface area contributed by atoms with E-state index in [1.54, 1.807) is 6.07 Å². The highest BCUT2D eigenvalue weighted by molar-refractivity contribution is 7.71. The van der Waals surface area contributed by atoms with Gasteiger partial charge in [-0.05, 0) is 29.2 Å². The van der Waals surface area contributed by atoms with Crippen molar-refractivity contribution in [2.24, 2.45) is 5.73 Å². The number of thiol groups is 1. The Bertz CT molecular complexity index is 355. The van der Waals surface area contributed by atoms with E-state index in [0.29, 0.717) is 6.54 Å². The maximum absolute atomic E-state index is 10.6. The van der Waals surface area contributed by atoms with Crippen LogP contribution in [0, 0.1) is 6.07 Å². The zero-order valence-corrected chi connectivity index (χ0v) is 9.01. The number of aryl methyl sites for hydroxylation is 1. The molecule has 4 heteroatoms. The van der Waals surface area contributed by atoms with Crippen LogP contribution < -0.4 is 5.73 Å². The van der Waals surface area contributed by atoms with Gasteiger partial charge < -0.3 is 5.73 Å². The topological polar surface area (TPSA) is 60.2 Å². The zero-order valence-electron chi connectivity index (χ0n) is 8.12. The molecule has 0 aliphatic heterocycles. The normalized spacial score (nSPS) is 10.8. The second kappa shape index (κ2) is 5.12. The third-order valence-electron chi connectivity index (χ3n) is 1.95. The standard InChI is InChI=1S/C10H14NO2S/c1-2-8-3-9(6-11)5-10(4-8)7-14(12)13/h4-5,14H,2,6-7,11H2,1H3. The van der Waals surface area contributed by atoms with Crippen LogP contribution in [0.4, 0.5) is 0 Å². The molecule has 0 amide bonds. The number of nitrogens with two attached hydrogens (primary N) is 1. The summed E-state index contributed by atoms with van der Waals surface area (Å²) in [6, 6.07) is 6.80. The number of benzene rings is 1. The summed E-state index contributed by atoms with van der Waals surface area (Å²) in [5.74, 6) is 0.0873. The van der Waals surface area contributed by atoms with E-state index in [9.17, 15) is 8.42 Å². The lowest BCUT2D eigenvalue weighted by molar-refractivity contribution is 0.614. The summed E-state index contributed by atoms with van der Waals surface area (Å²) in [5.41, 5.74) is 8.18. The highest BCUT2D eigenvalue weighted by atomic mass is 32.2. The minimum Gasteiger partial charge on any atom is -0.326 e. The maximum Gasteiger partial charge on any atom is 0.144 e. The van der Waals surface area contributed by atoms with Crippen LogP contribution in [0.25, 0.3) is 0 Å². The van der Waals surface area contributed by atoms with Crippen molar-refractivity contribution < 1.29 is 8.42 Å². The average molecular weight is 212 g/mol. The Morgan fingerprint density at radius 3 is 2.50 bits per heavy atom. The van der Waals surface area contributed by atoms with E-state index in [0.717, 1.165) is 23.1 Å². The second-order valence-corrected chi connectivity index (χ2v) is 4.07. The van der Waals surface area contributed by atoms with Gasteiger partial charge in [0.1, 0.15) is 10.7 Å². The van der Waals surface area contributed by atoms with Gasteiger partial charge in [0.2, 0.25) is 0 Å². The van der Waals surface area contributed by atoms with Gasteiger partial charge in [-0.3, -0.25) is 0 Å². The summed E-state index contributed by atoms with van der Waals surface area (Å²) in [7, 11) is -2.37. The molecule has 3 nitrogen and oxygen atoms in total. The van der Waals surface area contributed by atoms with E-state index < -0.39 is 10.7 Å². The van der Waals surface area contributed by atoms with Gasteiger partial charge in [-0.2, -0.15) is 0 Å². The Morgan fingerprint density at radius 2 is 2.00 bits per heavy atom. The van der Waals surface area contributed by atoms with Gasteiger partial charge in [-0.25, -0.2) is 8.42 Å². The molecular weight excluding hydrogens is 198 g/mol. The van der Waals surface area contributed by atoms with Gasteiger partial charge in [0.15, 0.2) is 0 Å². The van der Waals surface area contributed by atoms with Crippen molar-refractivity contribution in [3.8, 4) is 0 Å². The molecule has 0 saturated heterocycles. The Labute approximate surface area is 85.9 Å². The highest BCUT2D eigenvalue weighted by Crippen LogP contribution is 2.10. The van der Waals surface area contributed by atoms with Crippen molar-refractivity contribution in [1.29, 1.82) is 0 Å². The molecule has 77 valence electrons. The van der Waals surface area contributed by atoms with Crippen LogP contribution in [0.2, 0.25) is 0 Å². The Kier molecular flexibility index (Phi) is 4.10. The van der Waals surface area contributed by atoms with E-state index in [2.05, 4.69) is 6.07 Å². The van der Waals surface area contributed by atoms with Gasteiger partial charge in [0, 0.05) is 6.54 Å². The van der Waals surface area contributed by atoms with Crippen LogP contribution in [0.1, 0.15) is 23.6 Å². The lowest BCUT2D eigenvalue weighted by atomic mass is 10.1. The molecule has 0 saturated carbocycles. The van der Waals surface area contributed by atoms with E-state index in [-0.39, 0.29) is 5.75 Å². The zero-order chi connectivity index (χ0) is 10.6. The van der Waals surface area contributed by atoms with Crippen LogP contribution in [0.3, 0.4) is 0 Å². The van der Waals surface area contributed by atoms with Crippen LogP contribution in [-0.2, 0) is 29.4 Å². The molecule has 14 heavy (non-hydrogen) atoms. The molecule has 0 atom stereocenters. The molecule has 0 heterocycles. The predicted molar refractivity (Wildman–Crippen MR) is 56.6 cm³/mol. The fourth-order valence-corrected chi connectivity index (χ4v) is 1.79. The molecule has 2 N–H and O–H groups in total. The van der Waals surface area contributed by atoms with Crippen molar-refractivity contribution in [2.45, 2.75) is 25.6 Å². The lowest BCUT2D eigenvalue weighted by Crippen LogP contribution is -2.00. The molecule has 0 fully saturated rings. The first kappa shape index (κ1) is 11.2. The molecule has 0 bridgehead atoms. The van der Waals surface area contributed by atoms with E-state index in [1.165, 1.54) is 0 Å². The van der Waals surface area contributed by atoms with Gasteiger partial charge in [-0.15, -0.1) is 0 Å². The fraction of sp³-hybridized carbons (Fsp3) is 0.400. The van der Waals surface area contributed by atoms with E-state index in [1.807, 2.05) is 13.0 Å². The van der Waals surface area contributed by atoms with Gasteiger partial charge in [0.05, 0.1) is 5.75 Å². The number of hydrogen-bond donors (Lipinski definition) is 2. The summed E-state index contributed by atoms with van der Waals surface area (Å²) < 4.78 is 21.1. The average Bonchev–Trinajstić information content (AvgIpc) is 2.16. The monoisotopic (exact) mass is 212 g/mol. The molecular formula is C10H14NO2S. The van der Waals surface area contributed by atoms with Crippen molar-refractivity contribution in [3.63, 3.8) is 0 Å². The molecule has 1 aromatic rings. The molecule has 0 aromatic heterocycles. The second-order valence-electron chi connectivity index (χ2n) is 3.09. The van der Waals surface area contributed by atoms with Crippen molar-refractivity contribution in [3.05, 3.63) is 34.9 Å². The summed E-state index contributed by atoms with van der Waals surface area (Å²) in [5, 5.41) is 0.